The molecule has 3 heterocycles. The molecule has 1 aromatic carbocycles. The van der Waals surface area contributed by atoms with Crippen LogP contribution in [0.2, 0.25) is 0 Å². The second-order valence-corrected chi connectivity index (χ2v) is 8.96. The van der Waals surface area contributed by atoms with Gasteiger partial charge >= 0.3 is 5.76 Å². The van der Waals surface area contributed by atoms with Crippen molar-refractivity contribution in [3.8, 4) is 22.9 Å². The van der Waals surface area contributed by atoms with Gasteiger partial charge in [0.2, 0.25) is 11.6 Å². The third-order valence-electron chi connectivity index (χ3n) is 5.81. The minimum atomic E-state index is -0.644. The highest BCUT2D eigenvalue weighted by atomic mass is 79.9. The van der Waals surface area contributed by atoms with Gasteiger partial charge in [-0.2, -0.15) is 0 Å². The third kappa shape index (κ3) is 3.69. The monoisotopic (exact) mass is 468 g/mol. The summed E-state index contributed by atoms with van der Waals surface area (Å²) in [5.41, 5.74) is 3.15. The molecule has 5 rings (SSSR count). The molecule has 0 atom stereocenters. The van der Waals surface area contributed by atoms with Crippen LogP contribution in [0.3, 0.4) is 0 Å². The summed E-state index contributed by atoms with van der Waals surface area (Å²) < 4.78 is 7.76. The first-order valence-electron chi connectivity index (χ1n) is 10.1. The van der Waals surface area contributed by atoms with Crippen molar-refractivity contribution in [3.63, 3.8) is 0 Å². The van der Waals surface area contributed by atoms with E-state index in [9.17, 15) is 4.79 Å². The maximum Gasteiger partial charge on any atom is 0.439 e. The molecule has 0 radical (unpaired) electrons. The van der Waals surface area contributed by atoms with Gasteiger partial charge in [-0.1, -0.05) is 53.0 Å². The molecule has 154 valence electrons. The number of nitrogens with one attached hydrogen (secondary N) is 1. The second kappa shape index (κ2) is 7.79. The average Bonchev–Trinajstić information content (AvgIpc) is 3.35. The minimum absolute atomic E-state index is 0.189. The minimum Gasteiger partial charge on any atom is -0.327 e. The smallest absolute Gasteiger partial charge is 0.327 e. The van der Waals surface area contributed by atoms with Gasteiger partial charge in [0.1, 0.15) is 11.2 Å². The number of hydrogen-bond donors (Lipinski definition) is 1. The lowest BCUT2D eigenvalue weighted by atomic mass is 9.83. The molecular weight excluding hydrogens is 448 g/mol. The van der Waals surface area contributed by atoms with Crippen molar-refractivity contribution >= 4 is 27.1 Å². The number of halogens is 1. The molecule has 1 fully saturated rings. The molecule has 4 aromatic rings. The molecule has 0 spiro atoms. The van der Waals surface area contributed by atoms with Crippen molar-refractivity contribution in [3.05, 3.63) is 45.6 Å². The Bertz CT molecular complexity index is 1250. The molecule has 1 N–H and O–H groups in total. The SMILES string of the molecule is CC1CCC(Cn2cnc3nc(-c4noc(=O)[nH]4)nc(-c4cccc(Br)c4)c32)CC1. The van der Waals surface area contributed by atoms with E-state index >= 15 is 0 Å². The van der Waals surface area contributed by atoms with Gasteiger partial charge in [-0.3, -0.25) is 9.51 Å². The van der Waals surface area contributed by atoms with Gasteiger partial charge in [-0.15, -0.1) is 0 Å². The number of benzene rings is 1. The van der Waals surface area contributed by atoms with Gasteiger partial charge in [0.25, 0.3) is 0 Å². The van der Waals surface area contributed by atoms with E-state index in [0.29, 0.717) is 11.6 Å². The highest BCUT2D eigenvalue weighted by molar-refractivity contribution is 9.10. The first-order valence-corrected chi connectivity index (χ1v) is 10.9. The zero-order chi connectivity index (χ0) is 20.7. The van der Waals surface area contributed by atoms with Gasteiger partial charge in [0.15, 0.2) is 5.65 Å². The molecule has 1 aliphatic rings. The third-order valence-corrected chi connectivity index (χ3v) is 6.31. The van der Waals surface area contributed by atoms with E-state index in [4.69, 9.17) is 4.98 Å². The highest BCUT2D eigenvalue weighted by Gasteiger charge is 2.22. The molecule has 0 saturated heterocycles. The van der Waals surface area contributed by atoms with Crippen molar-refractivity contribution in [2.45, 2.75) is 39.2 Å². The van der Waals surface area contributed by atoms with Crippen LogP contribution in [-0.2, 0) is 6.54 Å². The fraction of sp³-hybridized carbons (Fsp3) is 0.381. The molecule has 0 aliphatic heterocycles. The lowest BCUT2D eigenvalue weighted by Gasteiger charge is -2.26. The van der Waals surface area contributed by atoms with E-state index in [1.165, 1.54) is 25.7 Å². The predicted octanol–water partition coefficient (Wildman–Crippen LogP) is 4.43. The first kappa shape index (κ1) is 19.2. The van der Waals surface area contributed by atoms with Crippen LogP contribution < -0.4 is 5.76 Å². The molecule has 30 heavy (non-hydrogen) atoms. The fourth-order valence-electron chi connectivity index (χ4n) is 4.18. The van der Waals surface area contributed by atoms with Gasteiger partial charge in [0.05, 0.1) is 6.33 Å². The Morgan fingerprint density at radius 2 is 2.07 bits per heavy atom. The Hall–Kier alpha value is -2.81. The molecule has 1 aliphatic carbocycles. The lowest BCUT2D eigenvalue weighted by molar-refractivity contribution is 0.266. The summed E-state index contributed by atoms with van der Waals surface area (Å²) in [5.74, 6) is 1.26. The van der Waals surface area contributed by atoms with Crippen molar-refractivity contribution in [1.29, 1.82) is 0 Å². The largest absolute Gasteiger partial charge is 0.439 e. The molecule has 0 unspecified atom stereocenters. The van der Waals surface area contributed by atoms with Crippen molar-refractivity contribution in [2.24, 2.45) is 11.8 Å². The number of nitrogens with zero attached hydrogens (tertiary/aromatic N) is 5. The molecule has 1 saturated carbocycles. The predicted molar refractivity (Wildman–Crippen MR) is 116 cm³/mol. The van der Waals surface area contributed by atoms with Crippen molar-refractivity contribution in [1.82, 2.24) is 29.7 Å². The van der Waals surface area contributed by atoms with Crippen LogP contribution in [-0.4, -0.2) is 29.7 Å². The van der Waals surface area contributed by atoms with Crippen LogP contribution >= 0.6 is 15.9 Å². The Labute approximate surface area is 180 Å². The summed E-state index contributed by atoms with van der Waals surface area (Å²) in [5, 5.41) is 3.74. The first-order chi connectivity index (χ1) is 14.6. The summed E-state index contributed by atoms with van der Waals surface area (Å²) in [6, 6.07) is 7.95. The molecule has 0 bridgehead atoms. The standard InChI is InChI=1S/C21H21BrN6O2/c1-12-5-7-13(8-6-12)10-28-11-23-18-17(28)16(14-3-2-4-15(22)9-14)24-19(25-18)20-26-21(29)30-27-20/h2-4,9,11-13H,5-8,10H2,1H3,(H,26,27,29). The van der Waals surface area contributed by atoms with E-state index in [1.807, 2.05) is 30.6 Å². The van der Waals surface area contributed by atoms with Crippen LogP contribution in [0, 0.1) is 11.8 Å². The topological polar surface area (TPSA) is 102 Å². The van der Waals surface area contributed by atoms with E-state index < -0.39 is 5.76 Å². The van der Waals surface area contributed by atoms with Gasteiger partial charge in [0, 0.05) is 16.6 Å². The zero-order valence-corrected chi connectivity index (χ0v) is 18.1. The van der Waals surface area contributed by atoms with Gasteiger partial charge < -0.3 is 4.57 Å². The summed E-state index contributed by atoms with van der Waals surface area (Å²) in [7, 11) is 0. The lowest BCUT2D eigenvalue weighted by Crippen LogP contribution is -2.17. The number of aromatic amines is 1. The Morgan fingerprint density at radius 1 is 1.23 bits per heavy atom. The molecule has 3 aromatic heterocycles. The number of hydrogen-bond acceptors (Lipinski definition) is 6. The molecule has 8 nitrogen and oxygen atoms in total. The van der Waals surface area contributed by atoms with Crippen LogP contribution in [0.4, 0.5) is 0 Å². The second-order valence-electron chi connectivity index (χ2n) is 8.04. The quantitative estimate of drug-likeness (QED) is 0.475. The maximum atomic E-state index is 11.4. The normalized spacial score (nSPS) is 19.4. The average molecular weight is 469 g/mol. The van der Waals surface area contributed by atoms with E-state index in [0.717, 1.165) is 33.7 Å². The Kier molecular flexibility index (Phi) is 4.98. The van der Waals surface area contributed by atoms with Gasteiger partial charge in [-0.25, -0.2) is 19.7 Å². The van der Waals surface area contributed by atoms with E-state index in [1.54, 1.807) is 0 Å². The number of fused-ring (bicyclic) bond motifs is 1. The number of aromatic nitrogens is 6. The van der Waals surface area contributed by atoms with Crippen LogP contribution in [0.15, 0.2) is 44.4 Å². The van der Waals surface area contributed by atoms with E-state index in [-0.39, 0.29) is 11.6 Å². The fourth-order valence-corrected chi connectivity index (χ4v) is 4.58. The van der Waals surface area contributed by atoms with Crippen molar-refractivity contribution < 1.29 is 4.52 Å². The van der Waals surface area contributed by atoms with Crippen molar-refractivity contribution in [2.75, 3.05) is 0 Å². The van der Waals surface area contributed by atoms with Crippen LogP contribution in [0.25, 0.3) is 34.1 Å². The van der Waals surface area contributed by atoms with Crippen LogP contribution in [0.1, 0.15) is 32.6 Å². The maximum absolute atomic E-state index is 11.4. The molecule has 9 heteroatoms. The molecular formula is C21H21BrN6O2. The Balaban J connectivity index is 1.64. The number of rotatable bonds is 4. The number of imidazole rings is 1. The van der Waals surface area contributed by atoms with Crippen LogP contribution in [0.5, 0.6) is 0 Å². The van der Waals surface area contributed by atoms with Gasteiger partial charge in [-0.05, 0) is 36.8 Å². The molecule has 0 amide bonds. The zero-order valence-electron chi connectivity index (χ0n) is 16.5. The highest BCUT2D eigenvalue weighted by Crippen LogP contribution is 2.33. The summed E-state index contributed by atoms with van der Waals surface area (Å²) in [4.78, 5) is 27.8. The summed E-state index contributed by atoms with van der Waals surface area (Å²) in [6.45, 7) is 3.23. The number of H-pyrrole nitrogens is 1. The Morgan fingerprint density at radius 3 is 2.80 bits per heavy atom. The van der Waals surface area contributed by atoms with E-state index in [2.05, 4.69) is 52.1 Å². The summed E-state index contributed by atoms with van der Waals surface area (Å²) in [6.07, 6.45) is 6.85. The summed E-state index contributed by atoms with van der Waals surface area (Å²) >= 11 is 3.54.